The van der Waals surface area contributed by atoms with Gasteiger partial charge in [0.25, 0.3) is 6.71 Å². The second-order valence-electron chi connectivity index (χ2n) is 9.05. The molecule has 2 aromatic heterocycles. The zero-order valence-corrected chi connectivity index (χ0v) is 21.5. The van der Waals surface area contributed by atoms with Gasteiger partial charge in [-0.3, -0.25) is 0 Å². The van der Waals surface area contributed by atoms with Gasteiger partial charge >= 0.3 is 0 Å². The van der Waals surface area contributed by atoms with Crippen LogP contribution in [0.2, 0.25) is 12.1 Å². The Bertz CT molecular complexity index is 1190. The fourth-order valence-electron chi connectivity index (χ4n) is 4.63. The van der Waals surface area contributed by atoms with E-state index in [4.69, 9.17) is 0 Å². The van der Waals surface area contributed by atoms with E-state index in [9.17, 15) is 9.65 Å². The molecule has 9 heteroatoms. The molecular formula is C26H35BF2N6. The van der Waals surface area contributed by atoms with Gasteiger partial charge in [-0.1, -0.05) is 32.8 Å². The second-order valence-corrected chi connectivity index (χ2v) is 9.05. The first-order valence-electron chi connectivity index (χ1n) is 12.4. The lowest BCUT2D eigenvalue weighted by Gasteiger charge is -2.37. The Kier molecular flexibility index (Phi) is 8.60. The number of allylic oxidation sites excluding steroid dienone is 2. The molecule has 6 nitrogen and oxygen atoms in total. The van der Waals surface area contributed by atoms with Gasteiger partial charge in [-0.15, -0.1) is 0 Å². The number of pyridine rings is 1. The largest absolute Gasteiger partial charge is 0.371 e. The van der Waals surface area contributed by atoms with Crippen molar-refractivity contribution in [3.8, 4) is 5.97 Å². The molecule has 186 valence electrons. The van der Waals surface area contributed by atoms with Crippen LogP contribution in [0.5, 0.6) is 0 Å². The van der Waals surface area contributed by atoms with Crippen LogP contribution in [0.25, 0.3) is 11.3 Å². The number of imidazole rings is 1. The Morgan fingerprint density at radius 1 is 1.31 bits per heavy atom. The van der Waals surface area contributed by atoms with Gasteiger partial charge in [-0.05, 0) is 45.1 Å². The normalized spacial score (nSPS) is 19.6. The van der Waals surface area contributed by atoms with Crippen LogP contribution >= 0.6 is 0 Å². The van der Waals surface area contributed by atoms with E-state index in [0.29, 0.717) is 11.3 Å². The first-order valence-corrected chi connectivity index (χ1v) is 12.4. The lowest BCUT2D eigenvalue weighted by Crippen LogP contribution is -2.45. The van der Waals surface area contributed by atoms with Crippen molar-refractivity contribution >= 4 is 18.1 Å². The summed E-state index contributed by atoms with van der Waals surface area (Å²) in [6.45, 7) is 13.2. The number of hydrogen-bond donors (Lipinski definition) is 2. The molecule has 0 bridgehead atoms. The van der Waals surface area contributed by atoms with Crippen LogP contribution in [0.15, 0.2) is 47.8 Å². The van der Waals surface area contributed by atoms with Crippen LogP contribution in [0, 0.1) is 24.0 Å². The molecule has 0 amide bonds. The van der Waals surface area contributed by atoms with Crippen LogP contribution < -0.4 is 10.6 Å². The lowest BCUT2D eigenvalue weighted by molar-refractivity contribution is 0.333. The quantitative estimate of drug-likeness (QED) is 0.559. The molecule has 2 aliphatic rings. The summed E-state index contributed by atoms with van der Waals surface area (Å²) in [4.78, 5) is 6.34. The third-order valence-electron chi connectivity index (χ3n) is 6.45. The van der Waals surface area contributed by atoms with Gasteiger partial charge in [0.2, 0.25) is 0 Å². The molecule has 1 saturated heterocycles. The molecule has 0 aromatic carbocycles. The molecule has 4 heterocycles. The number of rotatable bonds is 5. The van der Waals surface area contributed by atoms with Crippen molar-refractivity contribution in [2.75, 3.05) is 13.1 Å². The number of nitriles is 1. The molecule has 1 fully saturated rings. The van der Waals surface area contributed by atoms with E-state index in [1.54, 1.807) is 22.9 Å². The summed E-state index contributed by atoms with van der Waals surface area (Å²) in [5.41, 5.74) is 3.94. The highest BCUT2D eigenvalue weighted by molar-refractivity contribution is 6.68. The van der Waals surface area contributed by atoms with Gasteiger partial charge in [0.1, 0.15) is 12.0 Å². The maximum atomic E-state index is 15.2. The van der Waals surface area contributed by atoms with Crippen molar-refractivity contribution in [2.24, 2.45) is 0 Å². The fraction of sp³-hybridized carbons (Fsp3) is 0.462. The highest BCUT2D eigenvalue weighted by Crippen LogP contribution is 2.29. The van der Waals surface area contributed by atoms with E-state index < -0.39 is 12.0 Å². The number of aryl methyl sites for hydroxylation is 1. The average Bonchev–Trinajstić information content (AvgIpc) is 3.24. The van der Waals surface area contributed by atoms with Crippen molar-refractivity contribution in [3.63, 3.8) is 0 Å². The van der Waals surface area contributed by atoms with E-state index in [0.717, 1.165) is 42.8 Å². The topological polar surface area (TPSA) is 68.4 Å². The van der Waals surface area contributed by atoms with Crippen molar-refractivity contribution < 1.29 is 8.78 Å². The summed E-state index contributed by atoms with van der Waals surface area (Å²) >= 11 is 0. The van der Waals surface area contributed by atoms with Gasteiger partial charge in [-0.2, -0.15) is 0 Å². The number of dihydropyridines is 1. The van der Waals surface area contributed by atoms with E-state index >= 15 is 4.39 Å². The standard InChI is InChI=1S/C24H29BF2N6.C2H6/c1-5-18-13-32(7-6-25(18)14-28)19-9-20(26)23(29-10-19)31-22(15(2)3)17-8-21(27)24-30-16(4)11-33(24)12-17;1-2/h8-12,18,23,29,31H,5-7,13H2,1-4H3;1-2H3. The molecule has 35 heavy (non-hydrogen) atoms. The summed E-state index contributed by atoms with van der Waals surface area (Å²) in [6, 6.07) is 1.42. The fourth-order valence-corrected chi connectivity index (χ4v) is 4.63. The number of aromatic nitrogens is 2. The van der Waals surface area contributed by atoms with Crippen molar-refractivity contribution in [3.05, 3.63) is 64.9 Å². The Morgan fingerprint density at radius 3 is 2.69 bits per heavy atom. The predicted octanol–water partition coefficient (Wildman–Crippen LogP) is 5.43. The van der Waals surface area contributed by atoms with Crippen LogP contribution in [-0.2, 0) is 0 Å². The first kappa shape index (κ1) is 26.3. The number of fused-ring (bicyclic) bond motifs is 1. The molecule has 2 atom stereocenters. The average molecular weight is 480 g/mol. The highest BCUT2D eigenvalue weighted by Gasteiger charge is 2.33. The molecule has 0 aliphatic carbocycles. The molecule has 2 unspecified atom stereocenters. The third kappa shape index (κ3) is 5.69. The summed E-state index contributed by atoms with van der Waals surface area (Å²) < 4.78 is 31.4. The van der Waals surface area contributed by atoms with Gasteiger partial charge in [0.05, 0.1) is 11.4 Å². The molecular weight excluding hydrogens is 445 g/mol. The van der Waals surface area contributed by atoms with Crippen LogP contribution in [0.4, 0.5) is 8.78 Å². The maximum absolute atomic E-state index is 15.2. The Balaban J connectivity index is 0.00000167. The minimum Gasteiger partial charge on any atom is -0.371 e. The molecule has 2 aliphatic heterocycles. The smallest absolute Gasteiger partial charge is 0.274 e. The van der Waals surface area contributed by atoms with E-state index in [-0.39, 0.29) is 24.0 Å². The molecule has 2 N–H and O–H groups in total. The molecule has 2 aromatic rings. The first-order chi connectivity index (χ1) is 16.8. The van der Waals surface area contributed by atoms with Gasteiger partial charge in [0.15, 0.2) is 11.5 Å². The monoisotopic (exact) mass is 480 g/mol. The second kappa shape index (κ2) is 11.4. The van der Waals surface area contributed by atoms with Crippen molar-refractivity contribution in [1.29, 1.82) is 5.26 Å². The van der Waals surface area contributed by atoms with E-state index in [1.807, 2.05) is 40.8 Å². The minimum atomic E-state index is -0.763. The predicted molar refractivity (Wildman–Crippen MR) is 139 cm³/mol. The maximum Gasteiger partial charge on any atom is 0.274 e. The molecule has 4 rings (SSSR count). The number of halogens is 2. The zero-order valence-electron chi connectivity index (χ0n) is 21.5. The number of nitrogens with zero attached hydrogens (tertiary/aromatic N) is 4. The summed E-state index contributed by atoms with van der Waals surface area (Å²) in [5, 5.41) is 15.7. The van der Waals surface area contributed by atoms with Crippen LogP contribution in [0.1, 0.15) is 52.3 Å². The SMILES string of the molecule is CC.CCC1CN(C2=CNC(NC(=C(C)C)c3cc(F)c4nc(C)cn4c3)C(F)=C2)CCB1C#N. The molecule has 0 saturated carbocycles. The Morgan fingerprint density at radius 2 is 2.06 bits per heavy atom. The van der Waals surface area contributed by atoms with Gasteiger partial charge in [0, 0.05) is 48.9 Å². The third-order valence-corrected chi connectivity index (χ3v) is 6.45. The van der Waals surface area contributed by atoms with Crippen LogP contribution in [-0.4, -0.2) is 40.3 Å². The van der Waals surface area contributed by atoms with Crippen molar-refractivity contribution in [1.82, 2.24) is 24.9 Å². The Hall–Kier alpha value is -3.28. The minimum absolute atomic E-state index is 0.0592. The number of nitrogens with one attached hydrogen (secondary N) is 2. The van der Waals surface area contributed by atoms with E-state index in [1.165, 1.54) is 6.07 Å². The number of hydrogen-bond acceptors (Lipinski definition) is 5. The zero-order chi connectivity index (χ0) is 25.7. The Labute approximate surface area is 207 Å². The molecule has 0 radical (unpaired) electrons. The van der Waals surface area contributed by atoms with Gasteiger partial charge < -0.3 is 19.9 Å². The van der Waals surface area contributed by atoms with Crippen molar-refractivity contribution in [2.45, 2.75) is 66.3 Å². The van der Waals surface area contributed by atoms with E-state index in [2.05, 4.69) is 33.4 Å². The summed E-state index contributed by atoms with van der Waals surface area (Å²) in [7, 11) is 0. The molecule has 0 spiro atoms. The highest BCUT2D eigenvalue weighted by atomic mass is 19.1. The summed E-state index contributed by atoms with van der Waals surface area (Å²) in [6.07, 6.45) is 7.85. The van der Waals surface area contributed by atoms with Crippen LogP contribution in [0.3, 0.4) is 0 Å². The summed E-state index contributed by atoms with van der Waals surface area (Å²) in [5.74, 6) is 1.92. The lowest BCUT2D eigenvalue weighted by atomic mass is 9.38. The van der Waals surface area contributed by atoms with Gasteiger partial charge in [-0.25, -0.2) is 19.0 Å².